The molecular weight excluding hydrogens is 623 g/mol. The van der Waals surface area contributed by atoms with Crippen LogP contribution in [0.1, 0.15) is 65.5 Å². The molecule has 3 N–H and O–H groups in total. The van der Waals surface area contributed by atoms with Gasteiger partial charge in [0.25, 0.3) is 5.91 Å². The lowest BCUT2D eigenvalue weighted by atomic mass is 9.86. The summed E-state index contributed by atoms with van der Waals surface area (Å²) >= 11 is 0. The van der Waals surface area contributed by atoms with Crippen LogP contribution in [0.3, 0.4) is 0 Å². The van der Waals surface area contributed by atoms with Crippen LogP contribution in [0.5, 0.6) is 5.88 Å². The third-order valence-corrected chi connectivity index (χ3v) is 8.13. The Kier molecular flexibility index (Phi) is 8.00. The van der Waals surface area contributed by atoms with Gasteiger partial charge < -0.3 is 20.3 Å². The Morgan fingerprint density at radius 3 is 2.36 bits per heavy atom. The molecule has 2 aromatic carbocycles. The van der Waals surface area contributed by atoms with Crippen LogP contribution in [-0.4, -0.2) is 44.4 Å². The molecule has 1 saturated carbocycles. The first kappa shape index (κ1) is 32.1. The number of halogens is 5. The van der Waals surface area contributed by atoms with Gasteiger partial charge in [0, 0.05) is 34.7 Å². The SMILES string of the molecule is COc1cc(C(=O)NC[C@@](O)(c2cccc(F)c2)c2cc(C(C)(C)O)c(F)c(-c3cc(F)c(F)cc3F)n2)cc2cc(C3CC3)nn12. The van der Waals surface area contributed by atoms with Crippen LogP contribution in [0.25, 0.3) is 16.8 Å². The first-order valence-corrected chi connectivity index (χ1v) is 14.6. The van der Waals surface area contributed by atoms with Gasteiger partial charge in [-0.05, 0) is 68.7 Å². The molecule has 8 nitrogen and oxygen atoms in total. The number of fused-ring (bicyclic) bond motifs is 1. The second-order valence-electron chi connectivity index (χ2n) is 12.0. The zero-order valence-electron chi connectivity index (χ0n) is 25.4. The number of carbonyl (C=O) groups is 1. The molecular formula is C34H29F5N4O4. The van der Waals surface area contributed by atoms with Crippen LogP contribution in [0.2, 0.25) is 0 Å². The highest BCUT2D eigenvalue weighted by Crippen LogP contribution is 2.40. The largest absolute Gasteiger partial charge is 0.481 e. The molecule has 0 radical (unpaired) electrons. The van der Waals surface area contributed by atoms with E-state index in [0.29, 0.717) is 17.5 Å². The van der Waals surface area contributed by atoms with Gasteiger partial charge in [0.2, 0.25) is 5.88 Å². The van der Waals surface area contributed by atoms with E-state index in [4.69, 9.17) is 4.74 Å². The van der Waals surface area contributed by atoms with Crippen LogP contribution in [-0.2, 0) is 11.2 Å². The van der Waals surface area contributed by atoms with Crippen LogP contribution >= 0.6 is 0 Å². The van der Waals surface area contributed by atoms with Crippen molar-refractivity contribution < 1.29 is 41.7 Å². The van der Waals surface area contributed by atoms with Crippen LogP contribution < -0.4 is 10.1 Å². The van der Waals surface area contributed by atoms with Crippen molar-refractivity contribution in [2.75, 3.05) is 13.7 Å². The highest BCUT2D eigenvalue weighted by molar-refractivity contribution is 5.95. The number of benzene rings is 2. The van der Waals surface area contributed by atoms with E-state index in [1.54, 1.807) is 10.6 Å². The molecule has 3 aromatic heterocycles. The van der Waals surface area contributed by atoms with Crippen molar-refractivity contribution in [3.8, 4) is 17.1 Å². The molecule has 1 amide bonds. The number of carbonyl (C=O) groups excluding carboxylic acids is 1. The van der Waals surface area contributed by atoms with Gasteiger partial charge in [-0.3, -0.25) is 4.79 Å². The Morgan fingerprint density at radius 2 is 1.70 bits per heavy atom. The van der Waals surface area contributed by atoms with Crippen molar-refractivity contribution in [1.29, 1.82) is 0 Å². The molecule has 0 unspecified atom stereocenters. The monoisotopic (exact) mass is 652 g/mol. The second kappa shape index (κ2) is 11.7. The Hall–Kier alpha value is -4.88. The molecule has 6 rings (SSSR count). The van der Waals surface area contributed by atoms with Crippen molar-refractivity contribution in [2.45, 2.75) is 43.8 Å². The lowest BCUT2D eigenvalue weighted by Crippen LogP contribution is -2.43. The Labute approximate surface area is 265 Å². The maximum Gasteiger partial charge on any atom is 0.251 e. The topological polar surface area (TPSA) is 109 Å². The van der Waals surface area contributed by atoms with Gasteiger partial charge in [-0.15, -0.1) is 0 Å². The first-order valence-electron chi connectivity index (χ1n) is 14.6. The molecule has 1 atom stereocenters. The summed E-state index contributed by atoms with van der Waals surface area (Å²) in [5.74, 6) is -6.53. The molecule has 0 spiro atoms. The predicted octanol–water partition coefficient (Wildman–Crippen LogP) is 5.87. The van der Waals surface area contributed by atoms with Crippen LogP contribution in [0, 0.1) is 29.1 Å². The average molecular weight is 653 g/mol. The van der Waals surface area contributed by atoms with Crippen LogP contribution in [0.4, 0.5) is 22.0 Å². The van der Waals surface area contributed by atoms with E-state index >= 15 is 4.39 Å². The third kappa shape index (κ3) is 6.03. The lowest BCUT2D eigenvalue weighted by Gasteiger charge is -2.31. The van der Waals surface area contributed by atoms with E-state index in [2.05, 4.69) is 15.4 Å². The summed E-state index contributed by atoms with van der Waals surface area (Å²) in [4.78, 5) is 17.6. The van der Waals surface area contributed by atoms with Gasteiger partial charge in [0.1, 0.15) is 22.9 Å². The summed E-state index contributed by atoms with van der Waals surface area (Å²) < 4.78 is 80.3. The lowest BCUT2D eigenvalue weighted by molar-refractivity contribution is 0.0623. The summed E-state index contributed by atoms with van der Waals surface area (Å²) in [6.45, 7) is 1.73. The fourth-order valence-electron chi connectivity index (χ4n) is 5.41. The fraction of sp³-hybridized carbons (Fsp3) is 0.265. The standard InChI is InChI=1S/C34H29F5N4O4/c1-33(2,45)23-14-28(41-31(30(23)39)22-13-25(37)26(38)15-24(22)36)34(46,19-5-4-6-20(35)11-19)16-40-32(44)18-9-21-12-27(17-7-8-17)42-43(21)29(10-18)47-3/h4-6,9-15,17,45-46H,7-8,16H2,1-3H3,(H,40,44)/t34-/m1/s1. The van der Waals surface area contributed by atoms with Gasteiger partial charge in [-0.1, -0.05) is 12.1 Å². The Morgan fingerprint density at radius 1 is 0.979 bits per heavy atom. The molecule has 244 valence electrons. The van der Waals surface area contributed by atoms with E-state index < -0.39 is 75.3 Å². The van der Waals surface area contributed by atoms with E-state index in [9.17, 15) is 32.6 Å². The summed E-state index contributed by atoms with van der Waals surface area (Å²) in [7, 11) is 1.42. The minimum Gasteiger partial charge on any atom is -0.481 e. The van der Waals surface area contributed by atoms with Crippen molar-refractivity contribution >= 4 is 11.4 Å². The normalized spacial score (nSPS) is 14.7. The van der Waals surface area contributed by atoms with Gasteiger partial charge in [0.15, 0.2) is 17.5 Å². The number of methoxy groups -OCH3 is 1. The molecule has 0 bridgehead atoms. The molecule has 1 aliphatic carbocycles. The van der Waals surface area contributed by atoms with Crippen molar-refractivity contribution in [3.05, 3.63) is 118 Å². The maximum atomic E-state index is 15.9. The number of hydrogen-bond donors (Lipinski definition) is 3. The molecule has 1 fully saturated rings. The molecule has 13 heteroatoms. The molecule has 0 saturated heterocycles. The number of pyridine rings is 2. The quantitative estimate of drug-likeness (QED) is 0.136. The predicted molar refractivity (Wildman–Crippen MR) is 160 cm³/mol. The number of hydrogen-bond acceptors (Lipinski definition) is 6. The molecule has 0 aliphatic heterocycles. The summed E-state index contributed by atoms with van der Waals surface area (Å²) in [5.41, 5.74) is -5.58. The third-order valence-electron chi connectivity index (χ3n) is 8.13. The minimum absolute atomic E-state index is 0.131. The Bertz CT molecular complexity index is 2040. The second-order valence-corrected chi connectivity index (χ2v) is 12.0. The number of nitrogens with zero attached hydrogens (tertiary/aromatic N) is 3. The molecule has 5 aromatic rings. The van der Waals surface area contributed by atoms with Gasteiger partial charge >= 0.3 is 0 Å². The highest BCUT2D eigenvalue weighted by atomic mass is 19.2. The zero-order valence-corrected chi connectivity index (χ0v) is 25.4. The van der Waals surface area contributed by atoms with Gasteiger partial charge in [0.05, 0.1) is 36.2 Å². The summed E-state index contributed by atoms with van der Waals surface area (Å²) in [6, 6.07) is 11.1. The number of aromatic nitrogens is 3. The average Bonchev–Trinajstić information content (AvgIpc) is 3.79. The smallest absolute Gasteiger partial charge is 0.251 e. The summed E-state index contributed by atoms with van der Waals surface area (Å²) in [5, 5.41) is 30.2. The number of rotatable bonds is 9. The Balaban J connectivity index is 1.46. The fourth-order valence-corrected chi connectivity index (χ4v) is 5.41. The summed E-state index contributed by atoms with van der Waals surface area (Å²) in [6.07, 6.45) is 2.02. The van der Waals surface area contributed by atoms with Crippen molar-refractivity contribution in [1.82, 2.24) is 19.9 Å². The molecule has 1 aliphatic rings. The van der Waals surface area contributed by atoms with E-state index in [1.165, 1.54) is 39.2 Å². The van der Waals surface area contributed by atoms with E-state index in [1.807, 2.05) is 6.07 Å². The zero-order chi connectivity index (χ0) is 33.8. The minimum atomic E-state index is -2.43. The van der Waals surface area contributed by atoms with Crippen LogP contribution in [0.15, 0.2) is 60.7 Å². The number of amides is 1. The van der Waals surface area contributed by atoms with E-state index in [0.717, 1.165) is 36.7 Å². The molecule has 47 heavy (non-hydrogen) atoms. The van der Waals surface area contributed by atoms with Gasteiger partial charge in [-0.25, -0.2) is 31.5 Å². The van der Waals surface area contributed by atoms with Crippen molar-refractivity contribution in [2.24, 2.45) is 0 Å². The first-order chi connectivity index (χ1) is 22.2. The van der Waals surface area contributed by atoms with E-state index in [-0.39, 0.29) is 23.1 Å². The molecule has 3 heterocycles. The van der Waals surface area contributed by atoms with Gasteiger partial charge in [-0.2, -0.15) is 5.10 Å². The maximum absolute atomic E-state index is 15.9. The highest BCUT2D eigenvalue weighted by Gasteiger charge is 2.38. The number of ether oxygens (including phenoxy) is 1. The van der Waals surface area contributed by atoms with Crippen molar-refractivity contribution in [3.63, 3.8) is 0 Å². The number of aliphatic hydroxyl groups is 2. The number of nitrogens with one attached hydrogen (secondary N) is 1.